The highest BCUT2D eigenvalue weighted by atomic mass is 16.4. The van der Waals surface area contributed by atoms with Gasteiger partial charge in [-0.25, -0.2) is 4.79 Å². The molecule has 0 radical (unpaired) electrons. The van der Waals surface area contributed by atoms with Crippen LogP contribution in [0, 0.1) is 11.8 Å². The molecule has 0 spiro atoms. The van der Waals surface area contributed by atoms with E-state index in [2.05, 4.69) is 16.0 Å². The van der Waals surface area contributed by atoms with Gasteiger partial charge in [-0.3, -0.25) is 14.4 Å². The number of carboxylic acid groups (broad SMARTS) is 1. The van der Waals surface area contributed by atoms with Crippen molar-refractivity contribution in [3.8, 4) is 5.75 Å². The van der Waals surface area contributed by atoms with Crippen molar-refractivity contribution in [2.24, 2.45) is 17.6 Å². The standard InChI is InChI=1S/C25H40N4O7/c1-6-14(4)20(25(35)36)28-24(34)21(15(5)30)29-23(33)19(12-16-7-9-17(31)10-8-16)27-22(32)18(26)11-13(2)3/h7-10,13-15,18-21,30-31H,6,11-12,26H2,1-5H3,(H,27,32)(H,28,34)(H,29,33)(H,35,36). The molecule has 0 aromatic heterocycles. The molecule has 6 unspecified atom stereocenters. The summed E-state index contributed by atoms with van der Waals surface area (Å²) in [5, 5.41) is 36.6. The van der Waals surface area contributed by atoms with Gasteiger partial charge in [0.2, 0.25) is 17.7 Å². The molecule has 0 fully saturated rings. The zero-order valence-corrected chi connectivity index (χ0v) is 21.5. The minimum Gasteiger partial charge on any atom is -0.508 e. The molecule has 0 aliphatic rings. The third-order valence-corrected chi connectivity index (χ3v) is 5.91. The molecule has 11 nitrogen and oxygen atoms in total. The number of hydrogen-bond donors (Lipinski definition) is 7. The van der Waals surface area contributed by atoms with Crippen LogP contribution in [-0.4, -0.2) is 69.3 Å². The fourth-order valence-corrected chi connectivity index (χ4v) is 3.56. The summed E-state index contributed by atoms with van der Waals surface area (Å²) >= 11 is 0. The van der Waals surface area contributed by atoms with E-state index in [1.165, 1.54) is 19.1 Å². The summed E-state index contributed by atoms with van der Waals surface area (Å²) in [7, 11) is 0. The van der Waals surface area contributed by atoms with Crippen LogP contribution < -0.4 is 21.7 Å². The molecule has 1 rings (SSSR count). The highest BCUT2D eigenvalue weighted by Crippen LogP contribution is 2.13. The zero-order valence-electron chi connectivity index (χ0n) is 21.5. The normalized spacial score (nSPS) is 16.2. The lowest BCUT2D eigenvalue weighted by molar-refractivity contribution is -0.144. The lowest BCUT2D eigenvalue weighted by Crippen LogP contribution is -2.60. The van der Waals surface area contributed by atoms with Crippen molar-refractivity contribution in [1.29, 1.82) is 0 Å². The van der Waals surface area contributed by atoms with Gasteiger partial charge in [-0.05, 0) is 42.9 Å². The smallest absolute Gasteiger partial charge is 0.326 e. The van der Waals surface area contributed by atoms with E-state index in [0.29, 0.717) is 18.4 Å². The van der Waals surface area contributed by atoms with E-state index in [1.807, 2.05) is 13.8 Å². The van der Waals surface area contributed by atoms with E-state index in [0.717, 1.165) is 0 Å². The molecule has 1 aromatic carbocycles. The van der Waals surface area contributed by atoms with Crippen molar-refractivity contribution in [1.82, 2.24) is 16.0 Å². The summed E-state index contributed by atoms with van der Waals surface area (Å²) in [5.74, 6) is -3.62. The number of aromatic hydroxyl groups is 1. The van der Waals surface area contributed by atoms with E-state index >= 15 is 0 Å². The van der Waals surface area contributed by atoms with E-state index < -0.39 is 54.0 Å². The van der Waals surface area contributed by atoms with E-state index in [4.69, 9.17) is 5.73 Å². The second-order valence-electron chi connectivity index (χ2n) is 9.60. The van der Waals surface area contributed by atoms with Crippen LogP contribution in [0.15, 0.2) is 24.3 Å². The van der Waals surface area contributed by atoms with Crippen molar-refractivity contribution < 1.29 is 34.5 Å². The van der Waals surface area contributed by atoms with Crippen molar-refractivity contribution in [2.45, 2.75) is 84.2 Å². The first-order chi connectivity index (χ1) is 16.8. The van der Waals surface area contributed by atoms with Gasteiger partial charge >= 0.3 is 5.97 Å². The maximum atomic E-state index is 13.2. The Morgan fingerprint density at radius 1 is 0.889 bits per heavy atom. The van der Waals surface area contributed by atoms with Gasteiger partial charge in [0.15, 0.2) is 0 Å². The number of nitrogens with two attached hydrogens (primary N) is 1. The molecular weight excluding hydrogens is 468 g/mol. The Kier molecular flexibility index (Phi) is 12.3. The Hall–Kier alpha value is -3.18. The first-order valence-corrected chi connectivity index (χ1v) is 12.1. The molecule has 3 amide bonds. The van der Waals surface area contributed by atoms with Gasteiger partial charge < -0.3 is 37.0 Å². The molecule has 11 heteroatoms. The minimum atomic E-state index is -1.47. The molecule has 0 saturated heterocycles. The highest BCUT2D eigenvalue weighted by Gasteiger charge is 2.34. The predicted octanol–water partition coefficient (Wildman–Crippen LogP) is 0.274. The first kappa shape index (κ1) is 30.9. The second-order valence-corrected chi connectivity index (χ2v) is 9.60. The summed E-state index contributed by atoms with van der Waals surface area (Å²) in [4.78, 5) is 50.3. The number of hydrogen-bond acceptors (Lipinski definition) is 7. The van der Waals surface area contributed by atoms with Gasteiger partial charge in [0.1, 0.15) is 23.9 Å². The first-order valence-electron chi connectivity index (χ1n) is 12.1. The monoisotopic (exact) mass is 508 g/mol. The topological polar surface area (TPSA) is 191 Å². The van der Waals surface area contributed by atoms with Crippen LogP contribution in [-0.2, 0) is 25.6 Å². The molecule has 8 N–H and O–H groups in total. The molecule has 1 aromatic rings. The zero-order chi connectivity index (χ0) is 27.6. The second kappa shape index (κ2) is 14.4. The minimum absolute atomic E-state index is 0.0189. The average molecular weight is 509 g/mol. The SMILES string of the molecule is CCC(C)C(NC(=O)C(NC(=O)C(Cc1ccc(O)cc1)NC(=O)C(N)CC(C)C)C(C)O)C(=O)O. The van der Waals surface area contributed by atoms with Gasteiger partial charge in [0.05, 0.1) is 12.1 Å². The maximum Gasteiger partial charge on any atom is 0.326 e. The number of phenols is 1. The number of carboxylic acids is 1. The molecule has 6 atom stereocenters. The van der Waals surface area contributed by atoms with E-state index in [1.54, 1.807) is 26.0 Å². The highest BCUT2D eigenvalue weighted by molar-refractivity contribution is 5.94. The Bertz CT molecular complexity index is 889. The predicted molar refractivity (Wildman–Crippen MR) is 134 cm³/mol. The fraction of sp³-hybridized carbons (Fsp3) is 0.600. The largest absolute Gasteiger partial charge is 0.508 e. The number of carbonyl (C=O) groups excluding carboxylic acids is 3. The molecule has 0 heterocycles. The van der Waals surface area contributed by atoms with Gasteiger partial charge in [0.25, 0.3) is 0 Å². The fourth-order valence-electron chi connectivity index (χ4n) is 3.56. The number of aliphatic hydroxyl groups excluding tert-OH is 1. The van der Waals surface area contributed by atoms with Crippen molar-refractivity contribution in [3.05, 3.63) is 29.8 Å². The van der Waals surface area contributed by atoms with Gasteiger partial charge in [0, 0.05) is 6.42 Å². The molecule has 0 saturated carbocycles. The molecule has 0 aliphatic heterocycles. The van der Waals surface area contributed by atoms with Crippen molar-refractivity contribution >= 4 is 23.7 Å². The summed E-state index contributed by atoms with van der Waals surface area (Å²) in [6, 6.07) is 1.35. The van der Waals surface area contributed by atoms with Gasteiger partial charge in [-0.1, -0.05) is 46.2 Å². The van der Waals surface area contributed by atoms with Crippen LogP contribution in [0.25, 0.3) is 0 Å². The van der Waals surface area contributed by atoms with Crippen molar-refractivity contribution in [2.75, 3.05) is 0 Å². The summed E-state index contributed by atoms with van der Waals surface area (Å²) in [6.07, 6.45) is -0.455. The van der Waals surface area contributed by atoms with Crippen LogP contribution in [0.2, 0.25) is 0 Å². The van der Waals surface area contributed by atoms with Crippen LogP contribution in [0.5, 0.6) is 5.75 Å². The molecule has 36 heavy (non-hydrogen) atoms. The lowest BCUT2D eigenvalue weighted by Gasteiger charge is -2.28. The Morgan fingerprint density at radius 3 is 1.92 bits per heavy atom. The molecule has 202 valence electrons. The van der Waals surface area contributed by atoms with Crippen LogP contribution in [0.4, 0.5) is 0 Å². The van der Waals surface area contributed by atoms with E-state index in [9.17, 15) is 34.5 Å². The van der Waals surface area contributed by atoms with E-state index in [-0.39, 0.29) is 24.0 Å². The number of rotatable bonds is 14. The molecule has 0 bridgehead atoms. The summed E-state index contributed by atoms with van der Waals surface area (Å²) in [5.41, 5.74) is 6.58. The summed E-state index contributed by atoms with van der Waals surface area (Å²) in [6.45, 7) is 8.54. The third-order valence-electron chi connectivity index (χ3n) is 5.91. The van der Waals surface area contributed by atoms with Crippen LogP contribution >= 0.6 is 0 Å². The Labute approximate surface area is 211 Å². The number of aliphatic carboxylic acids is 1. The van der Waals surface area contributed by atoms with Crippen LogP contribution in [0.1, 0.15) is 53.0 Å². The lowest BCUT2D eigenvalue weighted by atomic mass is 9.98. The van der Waals surface area contributed by atoms with Crippen molar-refractivity contribution in [3.63, 3.8) is 0 Å². The average Bonchev–Trinajstić information content (AvgIpc) is 2.80. The number of amides is 3. The number of aliphatic hydroxyl groups is 1. The number of phenolic OH excluding ortho intramolecular Hbond substituents is 1. The van der Waals surface area contributed by atoms with Gasteiger partial charge in [-0.15, -0.1) is 0 Å². The molecular formula is C25H40N4O7. The summed E-state index contributed by atoms with van der Waals surface area (Å²) < 4.78 is 0. The Balaban J connectivity index is 3.12. The Morgan fingerprint density at radius 2 is 1.44 bits per heavy atom. The van der Waals surface area contributed by atoms with Gasteiger partial charge in [-0.2, -0.15) is 0 Å². The third kappa shape index (κ3) is 9.82. The number of nitrogens with one attached hydrogen (secondary N) is 3. The maximum absolute atomic E-state index is 13.2. The molecule has 0 aliphatic carbocycles. The van der Waals surface area contributed by atoms with Crippen LogP contribution in [0.3, 0.4) is 0 Å². The quantitative estimate of drug-likeness (QED) is 0.186. The number of carbonyl (C=O) groups is 4. The number of benzene rings is 1.